The molecular weight excluding hydrogens is 406 g/mol. The number of rotatable bonds is 7. The minimum atomic E-state index is -0.572. The number of benzene rings is 1. The number of methoxy groups -OCH3 is 1. The van der Waals surface area contributed by atoms with Crippen molar-refractivity contribution >= 4 is 33.4 Å². The van der Waals surface area contributed by atoms with Crippen molar-refractivity contribution in [1.82, 2.24) is 9.55 Å². The van der Waals surface area contributed by atoms with Crippen LogP contribution < -0.4 is 21.0 Å². The molecule has 0 aliphatic rings. The van der Waals surface area contributed by atoms with Gasteiger partial charge in [-0.05, 0) is 18.6 Å². The van der Waals surface area contributed by atoms with E-state index in [1.54, 1.807) is 25.1 Å². The van der Waals surface area contributed by atoms with E-state index in [4.69, 9.17) is 20.6 Å². The minimum absolute atomic E-state index is 0.126. The lowest BCUT2D eigenvalue weighted by atomic mass is 10.2. The van der Waals surface area contributed by atoms with Gasteiger partial charge in [-0.3, -0.25) is 9.59 Å². The second-order valence-corrected chi connectivity index (χ2v) is 7.38. The van der Waals surface area contributed by atoms with Crippen LogP contribution in [0.2, 0.25) is 0 Å². The molecule has 3 rings (SSSR count). The zero-order valence-corrected chi connectivity index (χ0v) is 17.8. The third-order valence-electron chi connectivity index (χ3n) is 4.37. The van der Waals surface area contributed by atoms with Crippen molar-refractivity contribution in [3.63, 3.8) is 0 Å². The highest BCUT2D eigenvalue weighted by Gasteiger charge is 2.19. The molecule has 3 aromatic rings. The predicted octanol–water partition coefficient (Wildman–Crippen LogP) is 1.93. The number of carbonyl (C=O) groups excluding carboxylic acids is 2. The second-order valence-electron chi connectivity index (χ2n) is 6.37. The summed E-state index contributed by atoms with van der Waals surface area (Å²) in [6, 6.07) is 3.23. The molecule has 0 aliphatic heterocycles. The number of oxazole rings is 1. The van der Waals surface area contributed by atoms with Gasteiger partial charge in [0, 0.05) is 25.6 Å². The van der Waals surface area contributed by atoms with Crippen molar-refractivity contribution < 1.29 is 18.7 Å². The normalized spacial score (nSPS) is 12.2. The average Bonchev–Trinajstić information content (AvgIpc) is 3.27. The van der Waals surface area contributed by atoms with Gasteiger partial charge in [0.05, 0.1) is 17.5 Å². The highest BCUT2D eigenvalue weighted by atomic mass is 32.1. The summed E-state index contributed by atoms with van der Waals surface area (Å²) in [5, 5.41) is 0. The monoisotopic (exact) mass is 429 g/mol. The molecule has 2 heterocycles. The van der Waals surface area contributed by atoms with Crippen LogP contribution in [0, 0.1) is 6.92 Å². The summed E-state index contributed by atoms with van der Waals surface area (Å²) < 4.78 is 13.5. The van der Waals surface area contributed by atoms with E-state index >= 15 is 0 Å². The first kappa shape index (κ1) is 21.5. The van der Waals surface area contributed by atoms with E-state index in [1.807, 2.05) is 17.6 Å². The SMILES string of the molecule is CCc1nc(C)oc1C(=O)/N=c1\sc2cc(C(N)=O)cc(OC)c2n1C/C=C/CN. The molecule has 2 amide bonds. The zero-order valence-electron chi connectivity index (χ0n) is 17.0. The van der Waals surface area contributed by atoms with Crippen molar-refractivity contribution in [3.05, 3.63) is 52.0 Å². The van der Waals surface area contributed by atoms with Gasteiger partial charge in [-0.25, -0.2) is 4.98 Å². The lowest BCUT2D eigenvalue weighted by Crippen LogP contribution is -2.17. The average molecular weight is 430 g/mol. The van der Waals surface area contributed by atoms with Gasteiger partial charge in [-0.1, -0.05) is 30.4 Å². The second kappa shape index (κ2) is 9.06. The van der Waals surface area contributed by atoms with Crippen molar-refractivity contribution in [2.24, 2.45) is 16.5 Å². The van der Waals surface area contributed by atoms with E-state index in [9.17, 15) is 9.59 Å². The Morgan fingerprint density at radius 3 is 2.77 bits per heavy atom. The number of nitrogens with zero attached hydrogens (tertiary/aromatic N) is 3. The van der Waals surface area contributed by atoms with E-state index in [1.165, 1.54) is 18.4 Å². The molecule has 2 aromatic heterocycles. The van der Waals surface area contributed by atoms with Crippen LogP contribution in [0.1, 0.15) is 39.4 Å². The van der Waals surface area contributed by atoms with Gasteiger partial charge in [0.25, 0.3) is 0 Å². The fourth-order valence-electron chi connectivity index (χ4n) is 3.02. The van der Waals surface area contributed by atoms with Crippen molar-refractivity contribution in [3.8, 4) is 5.75 Å². The summed E-state index contributed by atoms with van der Waals surface area (Å²) in [5.74, 6) is -0.103. The Morgan fingerprint density at radius 2 is 2.13 bits per heavy atom. The molecule has 0 radical (unpaired) electrons. The number of hydrogen-bond acceptors (Lipinski definition) is 7. The standard InChI is InChI=1S/C20H23N5O4S/c1-4-13-17(29-11(2)23-13)19(27)24-20-25(8-6-5-7-21)16-14(28-3)9-12(18(22)26)10-15(16)30-20/h5-6,9-10H,4,7-8,21H2,1-3H3,(H2,22,26)/b6-5+,24-20-. The number of fused-ring (bicyclic) bond motifs is 1. The van der Waals surface area contributed by atoms with Crippen LogP contribution in [0.3, 0.4) is 0 Å². The molecule has 0 aliphatic carbocycles. The number of carbonyl (C=O) groups is 2. The summed E-state index contributed by atoms with van der Waals surface area (Å²) in [4.78, 5) is 33.5. The molecule has 9 nitrogen and oxygen atoms in total. The molecule has 0 bridgehead atoms. The molecule has 0 saturated carbocycles. The Hall–Kier alpha value is -3.24. The van der Waals surface area contributed by atoms with Gasteiger partial charge in [-0.15, -0.1) is 0 Å². The summed E-state index contributed by atoms with van der Waals surface area (Å²) in [6.45, 7) is 4.37. The third-order valence-corrected chi connectivity index (χ3v) is 5.39. The topological polar surface area (TPSA) is 139 Å². The Bertz CT molecular complexity index is 1200. The largest absolute Gasteiger partial charge is 0.494 e. The maximum absolute atomic E-state index is 12.8. The van der Waals surface area contributed by atoms with Crippen molar-refractivity contribution in [2.45, 2.75) is 26.8 Å². The molecule has 4 N–H and O–H groups in total. The number of ether oxygens (including phenoxy) is 1. The first-order valence-corrected chi connectivity index (χ1v) is 10.1. The Morgan fingerprint density at radius 1 is 1.37 bits per heavy atom. The van der Waals surface area contributed by atoms with E-state index in [0.29, 0.717) is 57.4 Å². The summed E-state index contributed by atoms with van der Waals surface area (Å²) in [6.07, 6.45) is 4.23. The molecule has 0 spiro atoms. The predicted molar refractivity (Wildman–Crippen MR) is 114 cm³/mol. The molecule has 0 atom stereocenters. The van der Waals surface area contributed by atoms with Crippen LogP contribution in [0.25, 0.3) is 10.2 Å². The van der Waals surface area contributed by atoms with Gasteiger partial charge in [0.15, 0.2) is 10.7 Å². The van der Waals surface area contributed by atoms with E-state index < -0.39 is 11.8 Å². The highest BCUT2D eigenvalue weighted by molar-refractivity contribution is 7.16. The molecule has 10 heteroatoms. The molecule has 30 heavy (non-hydrogen) atoms. The third kappa shape index (κ3) is 4.19. The molecule has 1 aromatic carbocycles. The maximum atomic E-state index is 12.8. The highest BCUT2D eigenvalue weighted by Crippen LogP contribution is 2.29. The van der Waals surface area contributed by atoms with E-state index in [0.717, 1.165) is 0 Å². The molecular formula is C20H23N5O4S. The number of aryl methyl sites for hydroxylation is 2. The summed E-state index contributed by atoms with van der Waals surface area (Å²) >= 11 is 1.25. The van der Waals surface area contributed by atoms with Crippen LogP contribution in [0.15, 0.2) is 33.7 Å². The van der Waals surface area contributed by atoms with Crippen LogP contribution >= 0.6 is 11.3 Å². The van der Waals surface area contributed by atoms with Crippen molar-refractivity contribution in [1.29, 1.82) is 0 Å². The fraction of sp³-hybridized carbons (Fsp3) is 0.300. The van der Waals surface area contributed by atoms with Gasteiger partial charge < -0.3 is 25.2 Å². The minimum Gasteiger partial charge on any atom is -0.494 e. The number of nitrogens with two attached hydrogens (primary N) is 2. The molecule has 0 unspecified atom stereocenters. The molecule has 0 fully saturated rings. The zero-order chi connectivity index (χ0) is 21.8. The quantitative estimate of drug-likeness (QED) is 0.550. The number of thiazole rings is 1. The van der Waals surface area contributed by atoms with Gasteiger partial charge in [-0.2, -0.15) is 4.99 Å². The summed E-state index contributed by atoms with van der Waals surface area (Å²) in [7, 11) is 1.50. The Kier molecular flexibility index (Phi) is 6.48. The lowest BCUT2D eigenvalue weighted by molar-refractivity contribution is 0.0967. The number of aromatic nitrogens is 2. The van der Waals surface area contributed by atoms with Gasteiger partial charge in [0.2, 0.25) is 11.7 Å². The Balaban J connectivity index is 2.24. The molecule has 0 saturated heterocycles. The lowest BCUT2D eigenvalue weighted by Gasteiger charge is -2.08. The Labute approximate surface area is 176 Å². The first-order valence-electron chi connectivity index (χ1n) is 9.31. The van der Waals surface area contributed by atoms with Crippen LogP contribution in [-0.2, 0) is 13.0 Å². The number of primary amides is 1. The fourth-order valence-corrected chi connectivity index (χ4v) is 4.11. The number of hydrogen-bond donors (Lipinski definition) is 2. The van der Waals surface area contributed by atoms with Crippen LogP contribution in [0.4, 0.5) is 0 Å². The van der Waals surface area contributed by atoms with Crippen LogP contribution in [0.5, 0.6) is 5.75 Å². The maximum Gasteiger partial charge on any atom is 0.317 e. The summed E-state index contributed by atoms with van der Waals surface area (Å²) in [5.41, 5.74) is 12.6. The van der Waals surface area contributed by atoms with E-state index in [2.05, 4.69) is 9.98 Å². The number of allylic oxidation sites excluding steroid dienone is 1. The van der Waals surface area contributed by atoms with Crippen molar-refractivity contribution in [2.75, 3.05) is 13.7 Å². The van der Waals surface area contributed by atoms with E-state index in [-0.39, 0.29) is 5.76 Å². The van der Waals surface area contributed by atoms with Gasteiger partial charge >= 0.3 is 5.91 Å². The molecule has 158 valence electrons. The van der Waals surface area contributed by atoms with Gasteiger partial charge in [0.1, 0.15) is 11.3 Å². The van der Waals surface area contributed by atoms with Crippen LogP contribution in [-0.4, -0.2) is 35.0 Å². The number of amides is 2. The first-order chi connectivity index (χ1) is 14.4. The smallest absolute Gasteiger partial charge is 0.317 e.